The van der Waals surface area contributed by atoms with Gasteiger partial charge < -0.3 is 10.6 Å². The quantitative estimate of drug-likeness (QED) is 0.787. The second kappa shape index (κ2) is 6.22. The van der Waals surface area contributed by atoms with Crippen molar-refractivity contribution in [3.05, 3.63) is 0 Å². The minimum absolute atomic E-state index is 0.00237. The van der Waals surface area contributed by atoms with Crippen LogP contribution < -0.4 is 10.6 Å². The van der Waals surface area contributed by atoms with Crippen molar-refractivity contribution < 1.29 is 13.2 Å². The summed E-state index contributed by atoms with van der Waals surface area (Å²) in [5.41, 5.74) is -0.222. The van der Waals surface area contributed by atoms with Gasteiger partial charge in [-0.2, -0.15) is 0 Å². The average Bonchev–Trinajstić information content (AvgIpc) is 2.62. The van der Waals surface area contributed by atoms with Gasteiger partial charge >= 0.3 is 0 Å². The van der Waals surface area contributed by atoms with E-state index in [1.165, 1.54) is 6.26 Å². The lowest BCUT2D eigenvalue weighted by atomic mass is 10.1. The predicted octanol–water partition coefficient (Wildman–Crippen LogP) is 0.847. The Hall–Kier alpha value is -0.620. The molecule has 0 aromatic carbocycles. The lowest BCUT2D eigenvalue weighted by Crippen LogP contribution is -2.44. The lowest BCUT2D eigenvalue weighted by molar-refractivity contribution is -0.122. The Kier molecular flexibility index (Phi) is 5.38. The Morgan fingerprint density at radius 3 is 2.42 bits per heavy atom. The van der Waals surface area contributed by atoms with Gasteiger partial charge in [-0.25, -0.2) is 8.42 Å². The highest BCUT2D eigenvalue weighted by Crippen LogP contribution is 2.24. The number of rotatable bonds is 5. The molecule has 6 heteroatoms. The molecule has 0 aliphatic heterocycles. The van der Waals surface area contributed by atoms with Gasteiger partial charge in [0.2, 0.25) is 5.91 Å². The minimum atomic E-state index is -2.99. The monoisotopic (exact) mass is 290 g/mol. The molecule has 1 rings (SSSR count). The van der Waals surface area contributed by atoms with Crippen molar-refractivity contribution >= 4 is 15.7 Å². The highest BCUT2D eigenvalue weighted by atomic mass is 32.2. The third-order valence-corrected chi connectivity index (χ3v) is 4.94. The van der Waals surface area contributed by atoms with Gasteiger partial charge in [-0.3, -0.25) is 4.79 Å². The van der Waals surface area contributed by atoms with Crippen molar-refractivity contribution in [2.45, 2.75) is 63.3 Å². The standard InChI is InChI=1S/C13H26N2O3S/c1-13(2,3)15-12(16)8-9-14-10-6-5-7-11(10)19(4,17)18/h10-11,14H,5-9H2,1-4H3,(H,15,16). The van der Waals surface area contributed by atoms with E-state index in [-0.39, 0.29) is 22.7 Å². The molecular weight excluding hydrogens is 264 g/mol. The molecule has 1 saturated carbocycles. The van der Waals surface area contributed by atoms with Crippen LogP contribution in [0, 0.1) is 0 Å². The van der Waals surface area contributed by atoms with E-state index in [0.717, 1.165) is 19.3 Å². The molecule has 19 heavy (non-hydrogen) atoms. The topological polar surface area (TPSA) is 75.3 Å². The van der Waals surface area contributed by atoms with Gasteiger partial charge in [0.15, 0.2) is 9.84 Å². The Labute approximate surface area is 116 Å². The lowest BCUT2D eigenvalue weighted by Gasteiger charge is -2.22. The first-order chi connectivity index (χ1) is 8.59. The molecule has 0 radical (unpaired) electrons. The summed E-state index contributed by atoms with van der Waals surface area (Å²) in [6.07, 6.45) is 4.21. The Morgan fingerprint density at radius 2 is 1.89 bits per heavy atom. The maximum atomic E-state index is 11.6. The molecule has 0 aromatic rings. The van der Waals surface area contributed by atoms with Crippen molar-refractivity contribution in [1.29, 1.82) is 0 Å². The van der Waals surface area contributed by atoms with Crippen molar-refractivity contribution in [2.24, 2.45) is 0 Å². The molecule has 0 bridgehead atoms. The third-order valence-electron chi connectivity index (χ3n) is 3.28. The zero-order chi connectivity index (χ0) is 14.7. The van der Waals surface area contributed by atoms with Crippen molar-refractivity contribution in [1.82, 2.24) is 10.6 Å². The van der Waals surface area contributed by atoms with Crippen LogP contribution in [-0.2, 0) is 14.6 Å². The van der Waals surface area contributed by atoms with Gasteiger partial charge in [0, 0.05) is 30.8 Å². The molecule has 0 aromatic heterocycles. The van der Waals surface area contributed by atoms with E-state index in [9.17, 15) is 13.2 Å². The molecule has 0 saturated heterocycles. The Balaban J connectivity index is 2.35. The predicted molar refractivity (Wildman–Crippen MR) is 76.8 cm³/mol. The van der Waals surface area contributed by atoms with E-state index in [1.54, 1.807) is 0 Å². The van der Waals surface area contributed by atoms with E-state index in [2.05, 4.69) is 10.6 Å². The van der Waals surface area contributed by atoms with Crippen LogP contribution in [0.25, 0.3) is 0 Å². The molecule has 2 unspecified atom stereocenters. The summed E-state index contributed by atoms with van der Waals surface area (Å²) in [4.78, 5) is 11.6. The summed E-state index contributed by atoms with van der Waals surface area (Å²) in [5.74, 6) is -0.00565. The molecule has 2 atom stereocenters. The largest absolute Gasteiger partial charge is 0.351 e. The molecule has 0 heterocycles. The van der Waals surface area contributed by atoms with E-state index in [4.69, 9.17) is 0 Å². The van der Waals surface area contributed by atoms with Gasteiger partial charge in [-0.15, -0.1) is 0 Å². The molecule has 1 aliphatic rings. The van der Waals surface area contributed by atoms with Crippen molar-refractivity contribution in [2.75, 3.05) is 12.8 Å². The van der Waals surface area contributed by atoms with Gasteiger partial charge in [0.1, 0.15) is 0 Å². The van der Waals surface area contributed by atoms with Crippen LogP contribution in [0.2, 0.25) is 0 Å². The van der Waals surface area contributed by atoms with Crippen LogP contribution >= 0.6 is 0 Å². The van der Waals surface area contributed by atoms with E-state index < -0.39 is 9.84 Å². The zero-order valence-electron chi connectivity index (χ0n) is 12.3. The maximum Gasteiger partial charge on any atom is 0.221 e. The molecule has 1 aliphatic carbocycles. The zero-order valence-corrected chi connectivity index (χ0v) is 13.1. The first kappa shape index (κ1) is 16.4. The highest BCUT2D eigenvalue weighted by Gasteiger charge is 2.34. The molecule has 1 amide bonds. The fourth-order valence-electron chi connectivity index (χ4n) is 2.52. The van der Waals surface area contributed by atoms with Crippen LogP contribution in [0.5, 0.6) is 0 Å². The SMILES string of the molecule is CC(C)(C)NC(=O)CCNC1CCCC1S(C)(=O)=O. The minimum Gasteiger partial charge on any atom is -0.351 e. The summed E-state index contributed by atoms with van der Waals surface area (Å²) in [5, 5.41) is 5.81. The fourth-order valence-corrected chi connectivity index (χ4v) is 3.95. The van der Waals surface area contributed by atoms with Crippen LogP contribution in [-0.4, -0.2) is 44.0 Å². The second-order valence-electron chi connectivity index (χ2n) is 6.41. The number of nitrogens with one attached hydrogen (secondary N) is 2. The Bertz CT molecular complexity index is 412. The molecule has 112 valence electrons. The molecule has 2 N–H and O–H groups in total. The summed E-state index contributed by atoms with van der Waals surface area (Å²) >= 11 is 0. The second-order valence-corrected chi connectivity index (χ2v) is 8.67. The van der Waals surface area contributed by atoms with Gasteiger partial charge in [-0.05, 0) is 33.6 Å². The number of carbonyl (C=O) groups excluding carboxylic acids is 1. The highest BCUT2D eigenvalue weighted by molar-refractivity contribution is 7.91. The normalized spacial score (nSPS) is 24.4. The van der Waals surface area contributed by atoms with Gasteiger partial charge in [0.25, 0.3) is 0 Å². The number of amides is 1. The van der Waals surface area contributed by atoms with E-state index in [1.807, 2.05) is 20.8 Å². The maximum absolute atomic E-state index is 11.6. The van der Waals surface area contributed by atoms with Gasteiger partial charge in [0.05, 0.1) is 5.25 Å². The van der Waals surface area contributed by atoms with Crippen LogP contribution in [0.4, 0.5) is 0 Å². The first-order valence-electron chi connectivity index (χ1n) is 6.83. The van der Waals surface area contributed by atoms with Crippen molar-refractivity contribution in [3.8, 4) is 0 Å². The summed E-state index contributed by atoms with van der Waals surface area (Å²) in [6, 6.07) is -0.00237. The molecule has 1 fully saturated rings. The fraction of sp³-hybridized carbons (Fsp3) is 0.923. The molecular formula is C13H26N2O3S. The summed E-state index contributed by atoms with van der Waals surface area (Å²) in [6.45, 7) is 6.34. The molecule has 5 nitrogen and oxygen atoms in total. The number of carbonyl (C=O) groups is 1. The third kappa shape index (κ3) is 5.91. The number of hydrogen-bond donors (Lipinski definition) is 2. The van der Waals surface area contributed by atoms with Crippen LogP contribution in [0.15, 0.2) is 0 Å². The van der Waals surface area contributed by atoms with Crippen molar-refractivity contribution in [3.63, 3.8) is 0 Å². The molecule has 0 spiro atoms. The van der Waals surface area contributed by atoms with Crippen LogP contribution in [0.1, 0.15) is 46.5 Å². The van der Waals surface area contributed by atoms with Crippen LogP contribution in [0.3, 0.4) is 0 Å². The van der Waals surface area contributed by atoms with E-state index in [0.29, 0.717) is 13.0 Å². The Morgan fingerprint density at radius 1 is 1.26 bits per heavy atom. The first-order valence-corrected chi connectivity index (χ1v) is 8.78. The summed E-state index contributed by atoms with van der Waals surface area (Å²) < 4.78 is 23.2. The van der Waals surface area contributed by atoms with E-state index >= 15 is 0 Å². The average molecular weight is 290 g/mol. The smallest absolute Gasteiger partial charge is 0.221 e. The summed E-state index contributed by atoms with van der Waals surface area (Å²) in [7, 11) is -2.99. The number of hydrogen-bond acceptors (Lipinski definition) is 4. The number of sulfone groups is 1. The van der Waals surface area contributed by atoms with Gasteiger partial charge in [-0.1, -0.05) is 6.42 Å².